The molecule has 5 N–H and O–H groups in total. The van der Waals surface area contributed by atoms with E-state index in [-0.39, 0.29) is 17.7 Å². The first-order valence-corrected chi connectivity index (χ1v) is 14.7. The minimum Gasteiger partial charge on any atom is -0.444 e. The maximum atomic E-state index is 13.6. The first kappa shape index (κ1) is 30.7. The Bertz CT molecular complexity index is 959. The topological polar surface area (TPSA) is 135 Å². The van der Waals surface area contributed by atoms with Crippen LogP contribution in [-0.4, -0.2) is 40.6 Å². The molecule has 6 unspecified atom stereocenters. The van der Waals surface area contributed by atoms with Crippen molar-refractivity contribution in [2.75, 3.05) is 5.73 Å². The zero-order valence-electron chi connectivity index (χ0n) is 24.4. The van der Waals surface area contributed by atoms with Crippen LogP contribution in [0.4, 0.5) is 10.6 Å². The lowest BCUT2D eigenvalue weighted by atomic mass is 9.64. The minimum absolute atomic E-state index is 0.139. The van der Waals surface area contributed by atoms with Crippen molar-refractivity contribution in [2.45, 2.75) is 117 Å². The molecule has 2 saturated carbocycles. The zero-order valence-corrected chi connectivity index (χ0v) is 24.4. The average molecular weight is 544 g/mol. The van der Waals surface area contributed by atoms with E-state index in [2.05, 4.69) is 20.9 Å². The highest BCUT2D eigenvalue weighted by atomic mass is 16.6. The highest BCUT2D eigenvalue weighted by Crippen LogP contribution is 2.45. The van der Waals surface area contributed by atoms with E-state index in [1.165, 1.54) is 38.5 Å². The van der Waals surface area contributed by atoms with E-state index in [0.717, 1.165) is 17.9 Å². The molecular weight excluding hydrogens is 494 g/mol. The molecule has 0 radical (unpaired) electrons. The van der Waals surface area contributed by atoms with Gasteiger partial charge in [0.1, 0.15) is 23.5 Å². The van der Waals surface area contributed by atoms with Gasteiger partial charge < -0.3 is 26.4 Å². The van der Waals surface area contributed by atoms with Crippen molar-refractivity contribution >= 4 is 23.7 Å². The standard InChI is InChI=1S/C30H49N5O4/c1-6-19(2)26(35-29(38)39-30(3,4)5)28(37)34-24(27(36)33-18-20-14-15-25(31)32-17-20)16-22-12-9-11-21-10-7-8-13-23(21)22/h14-15,17,19,21-24,26H,6-13,16,18H2,1-5H3,(H2,31,32)(H,33,36)(H,34,37)(H,35,38). The number of alkyl carbamates (subject to hydrolysis) is 1. The third-order valence-corrected chi connectivity index (χ3v) is 8.38. The van der Waals surface area contributed by atoms with Crippen molar-refractivity contribution in [3.05, 3.63) is 23.9 Å². The van der Waals surface area contributed by atoms with Gasteiger partial charge in [-0.05, 0) is 68.9 Å². The molecule has 1 heterocycles. The molecule has 0 aliphatic heterocycles. The summed E-state index contributed by atoms with van der Waals surface area (Å²) in [6.07, 6.45) is 10.8. The first-order chi connectivity index (χ1) is 18.5. The van der Waals surface area contributed by atoms with Gasteiger partial charge in [-0.1, -0.05) is 64.9 Å². The molecule has 1 aromatic heterocycles. The van der Waals surface area contributed by atoms with Crippen LogP contribution in [0.2, 0.25) is 0 Å². The minimum atomic E-state index is -0.810. The van der Waals surface area contributed by atoms with E-state index in [4.69, 9.17) is 10.5 Å². The van der Waals surface area contributed by atoms with E-state index < -0.39 is 23.8 Å². The summed E-state index contributed by atoms with van der Waals surface area (Å²) in [5.41, 5.74) is 5.84. The predicted octanol–water partition coefficient (Wildman–Crippen LogP) is 4.70. The maximum Gasteiger partial charge on any atom is 0.408 e. The number of nitrogen functional groups attached to an aromatic ring is 1. The number of hydrogen-bond donors (Lipinski definition) is 4. The summed E-state index contributed by atoms with van der Waals surface area (Å²) in [5.74, 6) is 1.41. The van der Waals surface area contributed by atoms with Crippen molar-refractivity contribution in [2.24, 2.45) is 23.7 Å². The van der Waals surface area contributed by atoms with Gasteiger partial charge in [-0.3, -0.25) is 9.59 Å². The summed E-state index contributed by atoms with van der Waals surface area (Å²) >= 11 is 0. The number of rotatable bonds is 10. The summed E-state index contributed by atoms with van der Waals surface area (Å²) in [6.45, 7) is 9.52. The van der Waals surface area contributed by atoms with Crippen molar-refractivity contribution in [3.63, 3.8) is 0 Å². The lowest BCUT2D eigenvalue weighted by Crippen LogP contribution is -2.56. The SMILES string of the molecule is CCC(C)C(NC(=O)OC(C)(C)C)C(=O)NC(CC1CCCC2CCCCC21)C(=O)NCc1ccc(N)nc1. The van der Waals surface area contributed by atoms with Crippen molar-refractivity contribution < 1.29 is 19.1 Å². The lowest BCUT2D eigenvalue weighted by Gasteiger charge is -2.42. The fraction of sp³-hybridized carbons (Fsp3) is 0.733. The monoisotopic (exact) mass is 543 g/mol. The number of carbonyl (C=O) groups is 3. The van der Waals surface area contributed by atoms with Gasteiger partial charge in [0.25, 0.3) is 0 Å². The molecule has 218 valence electrons. The number of nitrogens with two attached hydrogens (primary N) is 1. The zero-order chi connectivity index (χ0) is 28.6. The number of hydrogen-bond acceptors (Lipinski definition) is 6. The Morgan fingerprint density at radius 2 is 1.77 bits per heavy atom. The van der Waals surface area contributed by atoms with Crippen LogP contribution in [0.5, 0.6) is 0 Å². The third kappa shape index (κ3) is 9.39. The summed E-state index contributed by atoms with van der Waals surface area (Å²) in [4.78, 5) is 43.8. The third-order valence-electron chi connectivity index (χ3n) is 8.38. The molecule has 1 aromatic rings. The molecule has 9 heteroatoms. The molecule has 2 fully saturated rings. The van der Waals surface area contributed by atoms with Crippen molar-refractivity contribution in [1.29, 1.82) is 0 Å². The molecule has 0 bridgehead atoms. The second-order valence-electron chi connectivity index (χ2n) is 12.5. The number of nitrogens with one attached hydrogen (secondary N) is 3. The largest absolute Gasteiger partial charge is 0.444 e. The fourth-order valence-corrected chi connectivity index (χ4v) is 6.15. The Balaban J connectivity index is 1.75. The first-order valence-electron chi connectivity index (χ1n) is 14.7. The number of anilines is 1. The van der Waals surface area contributed by atoms with Gasteiger partial charge in [0.05, 0.1) is 0 Å². The van der Waals surface area contributed by atoms with Gasteiger partial charge >= 0.3 is 6.09 Å². The Morgan fingerprint density at radius 1 is 1.05 bits per heavy atom. The highest BCUT2D eigenvalue weighted by Gasteiger charge is 2.38. The van der Waals surface area contributed by atoms with Gasteiger partial charge in [0.2, 0.25) is 11.8 Å². The van der Waals surface area contributed by atoms with Crippen LogP contribution in [0.15, 0.2) is 18.3 Å². The van der Waals surface area contributed by atoms with Crippen LogP contribution in [0.25, 0.3) is 0 Å². The van der Waals surface area contributed by atoms with Crippen LogP contribution in [0.3, 0.4) is 0 Å². The molecule has 39 heavy (non-hydrogen) atoms. The van der Waals surface area contributed by atoms with Gasteiger partial charge in [-0.2, -0.15) is 0 Å². The maximum absolute atomic E-state index is 13.6. The van der Waals surface area contributed by atoms with Gasteiger partial charge in [0.15, 0.2) is 0 Å². The molecule has 3 amide bonds. The molecule has 0 aromatic carbocycles. The van der Waals surface area contributed by atoms with Crippen LogP contribution >= 0.6 is 0 Å². The molecule has 0 saturated heterocycles. The van der Waals surface area contributed by atoms with Crippen LogP contribution in [0.1, 0.15) is 98.0 Å². The Hall–Kier alpha value is -2.84. The normalized spacial score (nSPS) is 23.5. The van der Waals surface area contributed by atoms with Crippen LogP contribution in [-0.2, 0) is 20.9 Å². The van der Waals surface area contributed by atoms with E-state index in [1.807, 2.05) is 19.9 Å². The van der Waals surface area contributed by atoms with Gasteiger partial charge in [-0.15, -0.1) is 0 Å². The van der Waals surface area contributed by atoms with E-state index in [1.54, 1.807) is 33.0 Å². The molecular formula is C30H49N5O4. The smallest absolute Gasteiger partial charge is 0.408 e. The number of nitrogens with zero attached hydrogens (tertiary/aromatic N) is 1. The second kappa shape index (κ2) is 14.0. The summed E-state index contributed by atoms with van der Waals surface area (Å²) in [7, 11) is 0. The molecule has 2 aliphatic rings. The molecule has 6 atom stereocenters. The molecule has 9 nitrogen and oxygen atoms in total. The summed E-state index contributed by atoms with van der Waals surface area (Å²) in [6, 6.07) is 2.02. The van der Waals surface area contributed by atoms with Gasteiger partial charge in [-0.25, -0.2) is 9.78 Å². The highest BCUT2D eigenvalue weighted by molar-refractivity contribution is 5.91. The fourth-order valence-electron chi connectivity index (χ4n) is 6.15. The summed E-state index contributed by atoms with van der Waals surface area (Å²) in [5, 5.41) is 8.78. The average Bonchev–Trinajstić information content (AvgIpc) is 2.89. The van der Waals surface area contributed by atoms with Crippen molar-refractivity contribution in [1.82, 2.24) is 20.9 Å². The molecule has 2 aliphatic carbocycles. The summed E-state index contributed by atoms with van der Waals surface area (Å²) < 4.78 is 5.42. The van der Waals surface area contributed by atoms with E-state index in [9.17, 15) is 14.4 Å². The number of carbonyl (C=O) groups excluding carboxylic acids is 3. The van der Waals surface area contributed by atoms with Gasteiger partial charge in [0, 0.05) is 12.7 Å². The molecule has 0 spiro atoms. The quantitative estimate of drug-likeness (QED) is 0.338. The van der Waals surface area contributed by atoms with Crippen molar-refractivity contribution in [3.8, 4) is 0 Å². The molecule has 3 rings (SSSR count). The number of fused-ring (bicyclic) bond motifs is 1. The number of ether oxygens (including phenoxy) is 1. The van der Waals surface area contributed by atoms with Crippen LogP contribution in [0, 0.1) is 23.7 Å². The Morgan fingerprint density at radius 3 is 2.44 bits per heavy atom. The number of pyridine rings is 1. The Labute approximate surface area is 233 Å². The second-order valence-corrected chi connectivity index (χ2v) is 12.5. The number of aromatic nitrogens is 1. The Kier molecular flexibility index (Phi) is 11.0. The van der Waals surface area contributed by atoms with Crippen LogP contribution < -0.4 is 21.7 Å². The predicted molar refractivity (Wildman–Crippen MR) is 152 cm³/mol. The number of amides is 3. The van der Waals surface area contributed by atoms with E-state index in [0.29, 0.717) is 37.0 Å². The lowest BCUT2D eigenvalue weighted by molar-refractivity contribution is -0.131. The van der Waals surface area contributed by atoms with E-state index >= 15 is 0 Å².